The minimum Gasteiger partial charge on any atom is -0.378 e. The molecule has 2 heterocycles. The molecule has 0 unspecified atom stereocenters. The highest BCUT2D eigenvalue weighted by Gasteiger charge is 2.28. The second kappa shape index (κ2) is 12.1. The monoisotopic (exact) mass is 572 g/mol. The minimum absolute atomic E-state index is 0.0944. The van der Waals surface area contributed by atoms with E-state index in [-0.39, 0.29) is 28.0 Å². The molecule has 212 valence electrons. The summed E-state index contributed by atoms with van der Waals surface area (Å²) in [6.45, 7) is 4.53. The summed E-state index contributed by atoms with van der Waals surface area (Å²) >= 11 is 0. The van der Waals surface area contributed by atoms with Crippen LogP contribution in [0.15, 0.2) is 71.6 Å². The van der Waals surface area contributed by atoms with Gasteiger partial charge in [0.25, 0.3) is 21.8 Å². The zero-order valence-electron chi connectivity index (χ0n) is 22.9. The number of hydrogen-bond acceptors (Lipinski definition) is 6. The van der Waals surface area contributed by atoms with E-state index in [9.17, 15) is 18.0 Å². The first-order chi connectivity index (χ1) is 19.8. The number of piperidine rings is 1. The molecule has 10 heteroatoms. The Balaban J connectivity index is 1.30. The quantitative estimate of drug-likeness (QED) is 0.474. The van der Waals surface area contributed by atoms with Gasteiger partial charge < -0.3 is 14.5 Å². The molecule has 2 amide bonds. The number of likely N-dealkylation sites (tertiary alicyclic amines) is 1. The number of anilines is 1. The van der Waals surface area contributed by atoms with Crippen molar-refractivity contribution in [3.05, 3.63) is 94.5 Å². The summed E-state index contributed by atoms with van der Waals surface area (Å²) in [6.07, 6.45) is 1.61. The van der Waals surface area contributed by atoms with Crippen molar-refractivity contribution in [3.63, 3.8) is 0 Å². The zero-order chi connectivity index (χ0) is 29.0. The van der Waals surface area contributed by atoms with E-state index >= 15 is 0 Å². The average Bonchev–Trinajstić information content (AvgIpc) is 3.02. The minimum atomic E-state index is -4.13. The topological polar surface area (TPSA) is 120 Å². The predicted molar refractivity (Wildman–Crippen MR) is 154 cm³/mol. The summed E-state index contributed by atoms with van der Waals surface area (Å²) in [5.74, 6) is -0.210. The van der Waals surface area contributed by atoms with Crippen molar-refractivity contribution in [1.29, 1.82) is 5.26 Å². The number of nitrogens with zero attached hydrogens (tertiary/aromatic N) is 3. The highest BCUT2D eigenvalue weighted by molar-refractivity contribution is 7.92. The molecule has 2 saturated heterocycles. The van der Waals surface area contributed by atoms with E-state index in [0.717, 1.165) is 18.4 Å². The molecule has 3 aromatic rings. The van der Waals surface area contributed by atoms with E-state index in [1.165, 1.54) is 12.1 Å². The van der Waals surface area contributed by atoms with Crippen molar-refractivity contribution < 1.29 is 22.7 Å². The summed E-state index contributed by atoms with van der Waals surface area (Å²) in [5.41, 5.74) is 3.22. The van der Waals surface area contributed by atoms with Gasteiger partial charge in [0.15, 0.2) is 0 Å². The molecule has 3 aromatic carbocycles. The van der Waals surface area contributed by atoms with E-state index < -0.39 is 10.0 Å². The summed E-state index contributed by atoms with van der Waals surface area (Å²) < 4.78 is 35.0. The van der Waals surface area contributed by atoms with Gasteiger partial charge in [-0.25, -0.2) is 8.42 Å². The molecule has 0 aliphatic carbocycles. The smallest absolute Gasteiger partial charge is 0.262 e. The number of benzene rings is 3. The molecule has 2 aliphatic rings. The van der Waals surface area contributed by atoms with Gasteiger partial charge in [-0.05, 0) is 73.2 Å². The Kier molecular flexibility index (Phi) is 8.38. The normalized spacial score (nSPS) is 16.2. The Hall–Kier alpha value is -4.20. The van der Waals surface area contributed by atoms with Crippen LogP contribution in [-0.2, 0) is 14.8 Å². The third-order valence-corrected chi connectivity index (χ3v) is 9.15. The Labute approximate surface area is 240 Å². The molecule has 5 rings (SSSR count). The summed E-state index contributed by atoms with van der Waals surface area (Å²) in [6, 6.07) is 20.9. The van der Waals surface area contributed by atoms with E-state index in [4.69, 9.17) is 10.00 Å². The van der Waals surface area contributed by atoms with E-state index in [0.29, 0.717) is 62.0 Å². The van der Waals surface area contributed by atoms with Crippen LogP contribution in [0.3, 0.4) is 0 Å². The van der Waals surface area contributed by atoms with Gasteiger partial charge in [0.2, 0.25) is 0 Å². The van der Waals surface area contributed by atoms with Gasteiger partial charge in [-0.15, -0.1) is 0 Å². The molecular weight excluding hydrogens is 540 g/mol. The molecule has 0 spiro atoms. The summed E-state index contributed by atoms with van der Waals surface area (Å²) in [4.78, 5) is 29.8. The lowest BCUT2D eigenvalue weighted by Gasteiger charge is -2.32. The highest BCUT2D eigenvalue weighted by Crippen LogP contribution is 2.30. The molecule has 0 aromatic heterocycles. The standard InChI is InChI=1S/C31H32N4O5S/c1-22-6-9-26(30(36)34-14-12-25(13-15-34)24-10-7-23(21-32)8-11-24)20-28(22)33-41(38,39)29-5-3-2-4-27(29)31(37)35-16-18-40-19-17-35/h2-11,20,25,33H,12-19H2,1H3. The molecule has 0 atom stereocenters. The fourth-order valence-electron chi connectivity index (χ4n) is 5.31. The van der Waals surface area contributed by atoms with E-state index in [1.54, 1.807) is 47.1 Å². The zero-order valence-corrected chi connectivity index (χ0v) is 23.7. The second-order valence-electron chi connectivity index (χ2n) is 10.3. The molecule has 0 saturated carbocycles. The number of carbonyl (C=O) groups is 2. The lowest BCUT2D eigenvalue weighted by Crippen LogP contribution is -2.41. The van der Waals surface area contributed by atoms with Gasteiger partial charge in [0.05, 0.1) is 36.1 Å². The van der Waals surface area contributed by atoms with Crippen molar-refractivity contribution in [2.24, 2.45) is 0 Å². The number of aryl methyl sites for hydroxylation is 1. The van der Waals surface area contributed by atoms with Gasteiger partial charge in [0.1, 0.15) is 4.90 Å². The van der Waals surface area contributed by atoms with Crippen molar-refractivity contribution in [3.8, 4) is 6.07 Å². The predicted octanol–water partition coefficient (Wildman–Crippen LogP) is 4.16. The number of morpholine rings is 1. The van der Waals surface area contributed by atoms with Crippen LogP contribution in [0.1, 0.15) is 56.2 Å². The molecule has 1 N–H and O–H groups in total. The number of carbonyl (C=O) groups excluding carboxylic acids is 2. The average molecular weight is 573 g/mol. The summed E-state index contributed by atoms with van der Waals surface area (Å²) in [7, 11) is -4.13. The number of ether oxygens (including phenoxy) is 1. The van der Waals surface area contributed by atoms with Crippen LogP contribution in [-0.4, -0.2) is 69.4 Å². The molecule has 2 aliphatic heterocycles. The number of hydrogen-bond donors (Lipinski definition) is 1. The van der Waals surface area contributed by atoms with Crippen molar-refractivity contribution >= 4 is 27.5 Å². The lowest BCUT2D eigenvalue weighted by molar-refractivity contribution is 0.0300. The maximum atomic E-state index is 13.5. The Morgan fingerprint density at radius 3 is 2.24 bits per heavy atom. The first-order valence-electron chi connectivity index (χ1n) is 13.7. The lowest BCUT2D eigenvalue weighted by atomic mass is 9.89. The van der Waals surface area contributed by atoms with Crippen LogP contribution in [0.5, 0.6) is 0 Å². The second-order valence-corrected chi connectivity index (χ2v) is 12.0. The number of sulfonamides is 1. The van der Waals surface area contributed by atoms with Crippen molar-refractivity contribution in [2.45, 2.75) is 30.6 Å². The molecular formula is C31H32N4O5S. The van der Waals surface area contributed by atoms with Gasteiger partial charge in [0, 0.05) is 31.7 Å². The molecule has 2 fully saturated rings. The van der Waals surface area contributed by atoms with Crippen LogP contribution < -0.4 is 4.72 Å². The Morgan fingerprint density at radius 2 is 1.56 bits per heavy atom. The maximum absolute atomic E-state index is 13.5. The SMILES string of the molecule is Cc1ccc(C(=O)N2CCC(c3ccc(C#N)cc3)CC2)cc1NS(=O)(=O)c1ccccc1C(=O)N1CCOCC1. The first kappa shape index (κ1) is 28.3. The van der Waals surface area contributed by atoms with Crippen LogP contribution >= 0.6 is 0 Å². The first-order valence-corrected chi connectivity index (χ1v) is 15.1. The fourth-order valence-corrected chi connectivity index (χ4v) is 6.63. The molecule has 0 bridgehead atoms. The van der Waals surface area contributed by atoms with Gasteiger partial charge in [-0.1, -0.05) is 30.3 Å². The number of rotatable bonds is 6. The summed E-state index contributed by atoms with van der Waals surface area (Å²) in [5, 5.41) is 9.03. The maximum Gasteiger partial charge on any atom is 0.262 e. The van der Waals surface area contributed by atoms with Gasteiger partial charge in [-0.3, -0.25) is 14.3 Å². The van der Waals surface area contributed by atoms with Crippen molar-refractivity contribution in [1.82, 2.24) is 9.80 Å². The fraction of sp³-hybridized carbons (Fsp3) is 0.323. The number of amides is 2. The van der Waals surface area contributed by atoms with Crippen LogP contribution in [0.2, 0.25) is 0 Å². The molecule has 9 nitrogen and oxygen atoms in total. The molecule has 41 heavy (non-hydrogen) atoms. The van der Waals surface area contributed by atoms with Crippen molar-refractivity contribution in [2.75, 3.05) is 44.1 Å². The third kappa shape index (κ3) is 6.26. The molecule has 0 radical (unpaired) electrons. The van der Waals surface area contributed by atoms with Crippen LogP contribution in [0, 0.1) is 18.3 Å². The largest absolute Gasteiger partial charge is 0.378 e. The van der Waals surface area contributed by atoms with Gasteiger partial charge in [-0.2, -0.15) is 5.26 Å². The Bertz CT molecular complexity index is 1580. The third-order valence-electron chi connectivity index (χ3n) is 7.73. The van der Waals surface area contributed by atoms with Gasteiger partial charge >= 0.3 is 0 Å². The van der Waals surface area contributed by atoms with E-state index in [1.807, 2.05) is 24.3 Å². The number of nitrogens with one attached hydrogen (secondary N) is 1. The number of nitriles is 1. The van der Waals surface area contributed by atoms with Crippen LogP contribution in [0.25, 0.3) is 0 Å². The van der Waals surface area contributed by atoms with Crippen LogP contribution in [0.4, 0.5) is 5.69 Å². The highest BCUT2D eigenvalue weighted by atomic mass is 32.2. The van der Waals surface area contributed by atoms with E-state index in [2.05, 4.69) is 10.8 Å². The Morgan fingerprint density at radius 1 is 0.902 bits per heavy atom.